The number of nitrogens with zero attached hydrogens (tertiary/aromatic N) is 2. The van der Waals surface area contributed by atoms with E-state index in [2.05, 4.69) is 184 Å². The highest BCUT2D eigenvalue weighted by Gasteiger charge is 2.49. The van der Waals surface area contributed by atoms with Crippen LogP contribution in [0.15, 0.2) is 91.0 Å². The molecule has 3 heteroatoms. The van der Waals surface area contributed by atoms with E-state index in [0.717, 1.165) is 62.0 Å². The van der Waals surface area contributed by atoms with Gasteiger partial charge in [0.15, 0.2) is 0 Å². The fourth-order valence-corrected chi connectivity index (χ4v) is 12.7. The second kappa shape index (κ2) is 13.6. The van der Waals surface area contributed by atoms with E-state index in [1.165, 1.54) is 61.1 Å². The molecule has 5 aromatic carbocycles. The van der Waals surface area contributed by atoms with Gasteiger partial charge in [0.2, 0.25) is 0 Å². The van der Waals surface area contributed by atoms with E-state index in [9.17, 15) is 0 Å². The fraction of sp³-hybridized carbons (Fsp3) is 0.483. The first-order chi connectivity index (χ1) is 29.9. The zero-order valence-electron chi connectivity index (χ0n) is 42.3. The summed E-state index contributed by atoms with van der Waals surface area (Å²) in [7, 11) is 0. The highest BCUT2D eigenvalue weighted by atomic mass is 15.2. The van der Waals surface area contributed by atoms with Crippen LogP contribution < -0.4 is 26.2 Å². The third kappa shape index (κ3) is 6.40. The number of hydrogen-bond acceptors (Lipinski definition) is 2. The van der Waals surface area contributed by atoms with E-state index in [0.29, 0.717) is 17.4 Å². The molecular weight excluding hydrogens is 735 g/mol. The topological polar surface area (TPSA) is 6.48 Å². The van der Waals surface area contributed by atoms with Gasteiger partial charge in [-0.25, -0.2) is 0 Å². The highest BCUT2D eigenvalue weighted by molar-refractivity contribution is 7.00. The van der Waals surface area contributed by atoms with Gasteiger partial charge in [0.25, 0.3) is 6.71 Å². The summed E-state index contributed by atoms with van der Waals surface area (Å²) >= 11 is 0. The van der Waals surface area contributed by atoms with Crippen LogP contribution in [0.3, 0.4) is 0 Å². The molecule has 3 aliphatic carbocycles. The van der Waals surface area contributed by atoms with Crippen LogP contribution in [-0.2, 0) is 27.1 Å². The quantitative estimate of drug-likeness (QED) is 0.164. The van der Waals surface area contributed by atoms with E-state index >= 15 is 0 Å². The molecule has 1 fully saturated rings. The summed E-state index contributed by atoms with van der Waals surface area (Å²) in [6, 6.07) is 35.2. The summed E-state index contributed by atoms with van der Waals surface area (Å²) in [6.45, 7) is 26.4. The number of anilines is 5. The van der Waals surface area contributed by atoms with Crippen LogP contribution in [-0.4, -0.2) is 12.8 Å². The van der Waals surface area contributed by atoms with E-state index in [1.807, 2.05) is 0 Å². The zero-order chi connectivity index (χ0) is 45.7. The predicted octanol–water partition coefficient (Wildman–Crippen LogP) is 13.7. The van der Waals surface area contributed by atoms with Gasteiger partial charge in [-0.15, -0.1) is 0 Å². The molecule has 0 radical (unpaired) electrons. The summed E-state index contributed by atoms with van der Waals surface area (Å²) in [6.07, 6.45) is 7.78. The largest absolute Gasteiger partial charge is 0.339 e. The van der Waals surface area contributed by atoms with Gasteiger partial charge in [-0.3, -0.25) is 0 Å². The van der Waals surface area contributed by atoms with Crippen molar-refractivity contribution in [3.05, 3.63) is 130 Å². The lowest BCUT2D eigenvalue weighted by Gasteiger charge is -2.51. The smallest absolute Gasteiger partial charge is 0.252 e. The van der Waals surface area contributed by atoms with E-state index in [-0.39, 0.29) is 39.8 Å². The molecule has 1 saturated carbocycles. The molecule has 2 heterocycles. The fourth-order valence-electron chi connectivity index (χ4n) is 12.7. The maximum Gasteiger partial charge on any atom is 0.252 e. The average molecular weight is 810 g/mol. The van der Waals surface area contributed by atoms with Crippen molar-refractivity contribution in [1.82, 2.24) is 0 Å². The minimum Gasteiger partial charge on any atom is -0.339 e. The van der Waals surface area contributed by atoms with Crippen molar-refractivity contribution in [2.24, 2.45) is 5.92 Å². The molecule has 0 aromatic heterocycles. The lowest BCUT2D eigenvalue weighted by molar-refractivity contribution is 0.296. The SMILES string of the molecule is [2H]C([2H])([2H])c1cc2c3c(c1)N(C1CCC(c4ccccc4)CC1C)c1cc(C(C)(C)C)ccc1B3c1cc3c(cc1N2c1ccc2c(c1)C(C)(C)CCC2(C)C)C(C)(C)CCC3(C)C. The Morgan fingerprint density at radius 2 is 1.23 bits per heavy atom. The molecule has 0 spiro atoms. The number of benzene rings is 5. The summed E-state index contributed by atoms with van der Waals surface area (Å²) in [5.74, 6) is 0.884. The zero-order valence-corrected chi connectivity index (χ0v) is 39.3. The van der Waals surface area contributed by atoms with Gasteiger partial charge < -0.3 is 9.80 Å². The molecular formula is C58H71BN2. The van der Waals surface area contributed by atoms with Crippen molar-refractivity contribution < 1.29 is 4.11 Å². The monoisotopic (exact) mass is 810 g/mol. The maximum atomic E-state index is 9.12. The van der Waals surface area contributed by atoms with Crippen LogP contribution in [0.25, 0.3) is 0 Å². The summed E-state index contributed by atoms with van der Waals surface area (Å²) in [4.78, 5) is 5.17. The van der Waals surface area contributed by atoms with Gasteiger partial charge in [0, 0.05) is 38.6 Å². The summed E-state index contributed by atoms with van der Waals surface area (Å²) < 4.78 is 27.3. The van der Waals surface area contributed by atoms with Crippen LogP contribution in [0.4, 0.5) is 28.4 Å². The third-order valence-corrected chi connectivity index (χ3v) is 16.8. The van der Waals surface area contributed by atoms with Crippen molar-refractivity contribution in [1.29, 1.82) is 0 Å². The van der Waals surface area contributed by atoms with Crippen LogP contribution >= 0.6 is 0 Å². The minimum absolute atomic E-state index is 0.00297. The van der Waals surface area contributed by atoms with Crippen LogP contribution in [0, 0.1) is 12.8 Å². The van der Waals surface area contributed by atoms with Crippen LogP contribution in [0.2, 0.25) is 0 Å². The van der Waals surface area contributed by atoms with E-state index in [4.69, 9.17) is 4.11 Å². The van der Waals surface area contributed by atoms with Gasteiger partial charge in [0.05, 0.1) is 0 Å². The maximum absolute atomic E-state index is 9.12. The molecule has 316 valence electrons. The molecule has 0 bridgehead atoms. The Bertz CT molecular complexity index is 2680. The molecule has 61 heavy (non-hydrogen) atoms. The molecule has 0 N–H and O–H groups in total. The van der Waals surface area contributed by atoms with Gasteiger partial charge >= 0.3 is 0 Å². The first kappa shape index (κ1) is 37.3. The molecule has 10 rings (SSSR count). The van der Waals surface area contributed by atoms with Gasteiger partial charge in [-0.05, 0) is 182 Å². The highest BCUT2D eigenvalue weighted by Crippen LogP contribution is 2.53. The first-order valence-electron chi connectivity index (χ1n) is 25.2. The van der Waals surface area contributed by atoms with E-state index in [1.54, 1.807) is 0 Å². The van der Waals surface area contributed by atoms with E-state index < -0.39 is 6.85 Å². The lowest BCUT2D eigenvalue weighted by Crippen LogP contribution is -2.63. The Morgan fingerprint density at radius 3 is 1.87 bits per heavy atom. The number of aryl methyl sites for hydroxylation is 1. The van der Waals surface area contributed by atoms with Crippen molar-refractivity contribution in [3.8, 4) is 0 Å². The number of hydrogen-bond donors (Lipinski definition) is 0. The predicted molar refractivity (Wildman–Crippen MR) is 264 cm³/mol. The molecule has 5 aliphatic rings. The molecule has 0 amide bonds. The van der Waals surface area contributed by atoms with Crippen molar-refractivity contribution in [2.75, 3.05) is 9.80 Å². The van der Waals surface area contributed by atoms with Gasteiger partial charge in [-0.2, -0.15) is 0 Å². The Balaban J connectivity index is 1.29. The summed E-state index contributed by atoms with van der Waals surface area (Å²) in [5.41, 5.74) is 18.5. The summed E-state index contributed by atoms with van der Waals surface area (Å²) in [5, 5.41) is 0. The van der Waals surface area contributed by atoms with Gasteiger partial charge in [0.1, 0.15) is 0 Å². The van der Waals surface area contributed by atoms with Crippen LogP contribution in [0.1, 0.15) is 177 Å². The van der Waals surface area contributed by atoms with Crippen molar-refractivity contribution in [2.45, 2.75) is 174 Å². The Labute approximate surface area is 373 Å². The minimum atomic E-state index is -2.30. The van der Waals surface area contributed by atoms with Crippen LogP contribution in [0.5, 0.6) is 0 Å². The second-order valence-corrected chi connectivity index (χ2v) is 23.8. The molecule has 3 unspecified atom stereocenters. The lowest BCUT2D eigenvalue weighted by atomic mass is 9.33. The standard InChI is InChI=1S/C58H71BN2/c1-36-29-51-53-52(30-36)61(48-24-19-39(31-37(48)2)38-17-15-14-16-18-38)49-32-40(54(3,4)5)20-23-46(49)59(53)47-34-44-45(58(12,13)28-27-57(44,10)11)35-50(47)60(51)41-21-22-42-43(33-41)56(8,9)26-25-55(42,6)7/h14-18,20-23,29-30,32-35,37,39,48H,19,24-28,31H2,1-13H3/i1D3. The molecule has 5 aromatic rings. The second-order valence-electron chi connectivity index (χ2n) is 23.8. The van der Waals surface area contributed by atoms with Crippen molar-refractivity contribution >= 4 is 51.5 Å². The molecule has 0 saturated heterocycles. The average Bonchev–Trinajstić information content (AvgIpc) is 3.23. The third-order valence-electron chi connectivity index (χ3n) is 16.8. The molecule has 2 nitrogen and oxygen atoms in total. The molecule has 3 atom stereocenters. The Morgan fingerprint density at radius 1 is 0.607 bits per heavy atom. The normalized spacial score (nSPS) is 24.9. The van der Waals surface area contributed by atoms with Gasteiger partial charge in [-0.1, -0.05) is 138 Å². The first-order valence-corrected chi connectivity index (χ1v) is 23.7. The van der Waals surface area contributed by atoms with Crippen molar-refractivity contribution in [3.63, 3.8) is 0 Å². The number of rotatable bonds is 3. The molecule has 2 aliphatic heterocycles. The Hall–Kier alpha value is -4.24. The Kier molecular flexibility index (Phi) is 8.34. The number of fused-ring (bicyclic) bond motifs is 6.